The van der Waals surface area contributed by atoms with Gasteiger partial charge in [0.05, 0.1) is 0 Å². The second-order valence-electron chi connectivity index (χ2n) is 3.09. The second kappa shape index (κ2) is 5.14. The number of nitrogens with one attached hydrogen (secondary N) is 1. The molecule has 14 heavy (non-hydrogen) atoms. The molecular formula is C9H13N5. The number of anilines is 1. The summed E-state index contributed by atoms with van der Waals surface area (Å²) in [6.45, 7) is 2.70. The molecule has 0 aliphatic rings. The molecule has 0 radical (unpaired) electrons. The van der Waals surface area contributed by atoms with E-state index in [1.54, 1.807) is 6.07 Å². The molecule has 3 N–H and O–H groups in total. The Labute approximate surface area is 83.0 Å². The van der Waals surface area contributed by atoms with Gasteiger partial charge in [0.15, 0.2) is 0 Å². The second-order valence-corrected chi connectivity index (χ2v) is 3.09. The minimum Gasteiger partial charge on any atom is -0.370 e. The van der Waals surface area contributed by atoms with Gasteiger partial charge >= 0.3 is 0 Å². The first-order chi connectivity index (χ1) is 6.72. The molecule has 1 rings (SSSR count). The van der Waals surface area contributed by atoms with Gasteiger partial charge in [0.1, 0.15) is 23.9 Å². The van der Waals surface area contributed by atoms with Crippen LogP contribution in [0, 0.1) is 11.3 Å². The van der Waals surface area contributed by atoms with Gasteiger partial charge < -0.3 is 11.1 Å². The molecule has 1 heterocycles. The van der Waals surface area contributed by atoms with Crippen LogP contribution in [0.1, 0.15) is 19.0 Å². The highest BCUT2D eigenvalue weighted by Gasteiger charge is 1.97. The topological polar surface area (TPSA) is 87.6 Å². The van der Waals surface area contributed by atoms with E-state index in [1.165, 1.54) is 6.33 Å². The van der Waals surface area contributed by atoms with E-state index in [9.17, 15) is 0 Å². The number of nitrogens with zero attached hydrogens (tertiary/aromatic N) is 3. The van der Waals surface area contributed by atoms with Crippen LogP contribution >= 0.6 is 0 Å². The van der Waals surface area contributed by atoms with E-state index in [0.29, 0.717) is 11.5 Å². The molecule has 1 aromatic rings. The van der Waals surface area contributed by atoms with E-state index < -0.39 is 0 Å². The summed E-state index contributed by atoms with van der Waals surface area (Å²) >= 11 is 0. The van der Waals surface area contributed by atoms with E-state index in [0.717, 1.165) is 13.0 Å². The van der Waals surface area contributed by atoms with Crippen molar-refractivity contribution < 1.29 is 0 Å². The van der Waals surface area contributed by atoms with Crippen molar-refractivity contribution in [3.63, 3.8) is 0 Å². The molecule has 74 valence electrons. The molecule has 5 nitrogen and oxygen atoms in total. The summed E-state index contributed by atoms with van der Waals surface area (Å²) in [4.78, 5) is 7.73. The Balaban J connectivity index is 2.47. The molecule has 0 amide bonds. The van der Waals surface area contributed by atoms with Gasteiger partial charge in [-0.25, -0.2) is 9.97 Å². The molecule has 0 fully saturated rings. The summed E-state index contributed by atoms with van der Waals surface area (Å²) in [5, 5.41) is 11.7. The fourth-order valence-electron chi connectivity index (χ4n) is 0.943. The van der Waals surface area contributed by atoms with Crippen LogP contribution < -0.4 is 11.1 Å². The number of hydrogen-bond donors (Lipinski definition) is 2. The van der Waals surface area contributed by atoms with Gasteiger partial charge in [-0.2, -0.15) is 5.26 Å². The molecule has 0 aromatic carbocycles. The molecule has 5 heteroatoms. The normalized spacial score (nSPS) is 11.8. The zero-order chi connectivity index (χ0) is 10.4. The van der Waals surface area contributed by atoms with Crippen molar-refractivity contribution in [3.05, 3.63) is 18.1 Å². The number of nitrogens with two attached hydrogens (primary N) is 1. The van der Waals surface area contributed by atoms with Crippen LogP contribution in [0.15, 0.2) is 12.4 Å². The molecule has 0 aliphatic heterocycles. The van der Waals surface area contributed by atoms with Gasteiger partial charge in [0.25, 0.3) is 0 Å². The van der Waals surface area contributed by atoms with Crippen molar-refractivity contribution in [2.45, 2.75) is 19.4 Å². The minimum absolute atomic E-state index is 0.166. The van der Waals surface area contributed by atoms with E-state index in [-0.39, 0.29) is 6.04 Å². The summed E-state index contributed by atoms with van der Waals surface area (Å²) < 4.78 is 0. The summed E-state index contributed by atoms with van der Waals surface area (Å²) in [6.07, 6.45) is 2.23. The van der Waals surface area contributed by atoms with Crippen molar-refractivity contribution in [1.29, 1.82) is 5.26 Å². The van der Waals surface area contributed by atoms with E-state index in [2.05, 4.69) is 15.3 Å². The van der Waals surface area contributed by atoms with Crippen molar-refractivity contribution in [2.24, 2.45) is 5.73 Å². The zero-order valence-corrected chi connectivity index (χ0v) is 8.07. The molecule has 0 saturated carbocycles. The van der Waals surface area contributed by atoms with Gasteiger partial charge in [-0.15, -0.1) is 0 Å². The third-order valence-electron chi connectivity index (χ3n) is 1.69. The lowest BCUT2D eigenvalue weighted by Crippen LogP contribution is -2.19. The lowest BCUT2D eigenvalue weighted by molar-refractivity contribution is 0.689. The smallest absolute Gasteiger partial charge is 0.145 e. The fraction of sp³-hybridized carbons (Fsp3) is 0.444. The van der Waals surface area contributed by atoms with Crippen LogP contribution in [0.3, 0.4) is 0 Å². The Hall–Kier alpha value is -1.67. The van der Waals surface area contributed by atoms with Crippen LogP contribution in [0.2, 0.25) is 0 Å². The van der Waals surface area contributed by atoms with Gasteiger partial charge in [0.2, 0.25) is 0 Å². The quantitative estimate of drug-likeness (QED) is 0.723. The predicted octanol–water partition coefficient (Wildman–Crippen LogP) is 0.497. The molecule has 0 spiro atoms. The average Bonchev–Trinajstić information content (AvgIpc) is 2.18. The first-order valence-corrected chi connectivity index (χ1v) is 4.44. The predicted molar refractivity (Wildman–Crippen MR) is 53.5 cm³/mol. The Morgan fingerprint density at radius 1 is 1.64 bits per heavy atom. The maximum absolute atomic E-state index is 8.59. The maximum Gasteiger partial charge on any atom is 0.145 e. The van der Waals surface area contributed by atoms with Crippen molar-refractivity contribution in [2.75, 3.05) is 11.9 Å². The molecule has 0 bridgehead atoms. The number of rotatable bonds is 4. The van der Waals surface area contributed by atoms with Gasteiger partial charge in [-0.3, -0.25) is 0 Å². The number of hydrogen-bond acceptors (Lipinski definition) is 5. The maximum atomic E-state index is 8.59. The number of aromatic nitrogens is 2. The molecule has 0 aliphatic carbocycles. The molecule has 1 atom stereocenters. The summed E-state index contributed by atoms with van der Waals surface area (Å²) in [5.74, 6) is 0.664. The third-order valence-corrected chi connectivity index (χ3v) is 1.69. The number of nitriles is 1. The first kappa shape index (κ1) is 10.4. The first-order valence-electron chi connectivity index (χ1n) is 4.44. The zero-order valence-electron chi connectivity index (χ0n) is 8.07. The SMILES string of the molecule is CC(N)CCNc1cc(C#N)ncn1. The third kappa shape index (κ3) is 3.37. The van der Waals surface area contributed by atoms with Crippen LogP contribution in [-0.4, -0.2) is 22.6 Å². The van der Waals surface area contributed by atoms with E-state index in [4.69, 9.17) is 11.0 Å². The Morgan fingerprint density at radius 3 is 3.07 bits per heavy atom. The van der Waals surface area contributed by atoms with Gasteiger partial charge in [0, 0.05) is 18.7 Å². The van der Waals surface area contributed by atoms with Crippen LogP contribution in [0.5, 0.6) is 0 Å². The van der Waals surface area contributed by atoms with Crippen molar-refractivity contribution in [1.82, 2.24) is 9.97 Å². The van der Waals surface area contributed by atoms with E-state index in [1.807, 2.05) is 13.0 Å². The van der Waals surface area contributed by atoms with Crippen molar-refractivity contribution in [3.8, 4) is 6.07 Å². The molecule has 1 unspecified atom stereocenters. The molecule has 1 aromatic heterocycles. The Kier molecular flexibility index (Phi) is 3.83. The van der Waals surface area contributed by atoms with Crippen LogP contribution in [-0.2, 0) is 0 Å². The van der Waals surface area contributed by atoms with E-state index >= 15 is 0 Å². The summed E-state index contributed by atoms with van der Waals surface area (Å²) in [6, 6.07) is 3.73. The van der Waals surface area contributed by atoms with Crippen LogP contribution in [0.4, 0.5) is 5.82 Å². The highest BCUT2D eigenvalue weighted by atomic mass is 15.0. The highest BCUT2D eigenvalue weighted by molar-refractivity contribution is 5.38. The van der Waals surface area contributed by atoms with Crippen LogP contribution in [0.25, 0.3) is 0 Å². The summed E-state index contributed by atoms with van der Waals surface area (Å²) in [5.41, 5.74) is 5.95. The largest absolute Gasteiger partial charge is 0.370 e. The summed E-state index contributed by atoms with van der Waals surface area (Å²) in [7, 11) is 0. The molecular weight excluding hydrogens is 178 g/mol. The van der Waals surface area contributed by atoms with Crippen molar-refractivity contribution >= 4 is 5.82 Å². The lowest BCUT2D eigenvalue weighted by Gasteiger charge is -2.06. The fourth-order valence-corrected chi connectivity index (χ4v) is 0.943. The average molecular weight is 191 g/mol. The highest BCUT2D eigenvalue weighted by Crippen LogP contribution is 2.02. The molecule has 0 saturated heterocycles. The minimum atomic E-state index is 0.166. The monoisotopic (exact) mass is 191 g/mol. The Morgan fingerprint density at radius 2 is 2.43 bits per heavy atom. The van der Waals surface area contributed by atoms with Gasteiger partial charge in [-0.1, -0.05) is 0 Å². The Bertz CT molecular complexity index is 328. The standard InChI is InChI=1S/C9H13N5/c1-7(11)2-3-12-9-4-8(5-10)13-6-14-9/h4,6-7H,2-3,11H2,1H3,(H,12,13,14). The lowest BCUT2D eigenvalue weighted by atomic mass is 10.2. The van der Waals surface area contributed by atoms with Gasteiger partial charge in [-0.05, 0) is 13.3 Å².